The van der Waals surface area contributed by atoms with Gasteiger partial charge in [-0.15, -0.1) is 0 Å². The van der Waals surface area contributed by atoms with Crippen LogP contribution in [0, 0.1) is 17.8 Å². The fourth-order valence-electron chi connectivity index (χ4n) is 2.86. The van der Waals surface area contributed by atoms with Crippen molar-refractivity contribution < 1.29 is 4.74 Å². The Balaban J connectivity index is 2.04. The molecule has 5 atom stereocenters. The van der Waals surface area contributed by atoms with E-state index in [1.165, 1.54) is 19.3 Å². The fraction of sp³-hybridized carbons (Fsp3) is 1.00. The molecule has 2 rings (SSSR count). The molecular weight excluding hydrogens is 148 g/mol. The van der Waals surface area contributed by atoms with E-state index in [4.69, 9.17) is 4.74 Å². The second-order valence-corrected chi connectivity index (χ2v) is 4.82. The highest BCUT2D eigenvalue weighted by Gasteiger charge is 2.41. The summed E-state index contributed by atoms with van der Waals surface area (Å²) in [5.41, 5.74) is 0. The molecule has 1 heteroatoms. The average molecular weight is 168 g/mol. The zero-order chi connectivity index (χ0) is 8.72. The summed E-state index contributed by atoms with van der Waals surface area (Å²) in [5.74, 6) is 2.56. The number of fused-ring (bicyclic) bond motifs is 1. The van der Waals surface area contributed by atoms with Gasteiger partial charge in [-0.25, -0.2) is 0 Å². The molecule has 1 nitrogen and oxygen atoms in total. The Morgan fingerprint density at radius 2 is 1.83 bits per heavy atom. The summed E-state index contributed by atoms with van der Waals surface area (Å²) >= 11 is 0. The summed E-state index contributed by atoms with van der Waals surface area (Å²) in [6, 6.07) is 0. The van der Waals surface area contributed by atoms with Gasteiger partial charge in [0, 0.05) is 0 Å². The molecule has 2 aliphatic rings. The van der Waals surface area contributed by atoms with Crippen LogP contribution in [0.5, 0.6) is 0 Å². The lowest BCUT2D eigenvalue weighted by Crippen LogP contribution is -2.27. The largest absolute Gasteiger partial charge is 0.375 e. The molecule has 1 aliphatic carbocycles. The third kappa shape index (κ3) is 1.28. The Morgan fingerprint density at radius 1 is 1.08 bits per heavy atom. The molecular formula is C11H20O. The predicted molar refractivity (Wildman–Crippen MR) is 50.0 cm³/mol. The van der Waals surface area contributed by atoms with E-state index < -0.39 is 0 Å². The third-order valence-corrected chi connectivity index (χ3v) is 3.91. The zero-order valence-corrected chi connectivity index (χ0v) is 8.42. The van der Waals surface area contributed by atoms with E-state index in [-0.39, 0.29) is 0 Å². The maximum absolute atomic E-state index is 5.95. The molecule has 0 bridgehead atoms. The first-order chi connectivity index (χ1) is 5.68. The van der Waals surface area contributed by atoms with Crippen LogP contribution in [0.1, 0.15) is 40.0 Å². The maximum atomic E-state index is 5.95. The normalized spacial score (nSPS) is 53.8. The average Bonchev–Trinajstić information content (AvgIpc) is 2.28. The van der Waals surface area contributed by atoms with E-state index in [0.29, 0.717) is 12.2 Å². The topological polar surface area (TPSA) is 9.23 Å². The smallest absolute Gasteiger partial charge is 0.0613 e. The van der Waals surface area contributed by atoms with Crippen LogP contribution in [0.15, 0.2) is 0 Å². The molecule has 2 unspecified atom stereocenters. The van der Waals surface area contributed by atoms with E-state index >= 15 is 0 Å². The molecule has 0 amide bonds. The monoisotopic (exact) mass is 168 g/mol. The third-order valence-electron chi connectivity index (χ3n) is 3.91. The summed E-state index contributed by atoms with van der Waals surface area (Å²) in [7, 11) is 0. The van der Waals surface area contributed by atoms with Gasteiger partial charge in [0.2, 0.25) is 0 Å². The first-order valence-electron chi connectivity index (χ1n) is 5.34. The van der Waals surface area contributed by atoms with Crippen LogP contribution in [-0.4, -0.2) is 12.2 Å². The van der Waals surface area contributed by atoms with Gasteiger partial charge in [0.25, 0.3) is 0 Å². The Hall–Kier alpha value is -0.0400. The number of ether oxygens (including phenoxy) is 1. The SMILES string of the molecule is CC1O[C@@H]2C[C@H](C)CC[C@H]2C1C. The lowest BCUT2D eigenvalue weighted by atomic mass is 9.76. The molecule has 12 heavy (non-hydrogen) atoms. The minimum Gasteiger partial charge on any atom is -0.375 e. The molecule has 1 heterocycles. The molecule has 0 radical (unpaired) electrons. The van der Waals surface area contributed by atoms with Gasteiger partial charge >= 0.3 is 0 Å². The summed E-state index contributed by atoms with van der Waals surface area (Å²) in [6.07, 6.45) is 5.22. The predicted octanol–water partition coefficient (Wildman–Crippen LogP) is 2.85. The van der Waals surface area contributed by atoms with Crippen LogP contribution in [0.25, 0.3) is 0 Å². The summed E-state index contributed by atoms with van der Waals surface area (Å²) in [5, 5.41) is 0. The van der Waals surface area contributed by atoms with Crippen molar-refractivity contribution in [3.63, 3.8) is 0 Å². The molecule has 0 aromatic rings. The van der Waals surface area contributed by atoms with Crippen LogP contribution in [0.3, 0.4) is 0 Å². The van der Waals surface area contributed by atoms with E-state index in [9.17, 15) is 0 Å². The van der Waals surface area contributed by atoms with E-state index in [1.807, 2.05) is 0 Å². The summed E-state index contributed by atoms with van der Waals surface area (Å²) < 4.78 is 5.95. The Kier molecular flexibility index (Phi) is 2.16. The minimum atomic E-state index is 0.505. The van der Waals surface area contributed by atoms with Crippen molar-refractivity contribution in [1.82, 2.24) is 0 Å². The highest BCUT2D eigenvalue weighted by atomic mass is 16.5. The van der Waals surface area contributed by atoms with Crippen molar-refractivity contribution in [3.05, 3.63) is 0 Å². The molecule has 0 spiro atoms. The molecule has 0 N–H and O–H groups in total. The van der Waals surface area contributed by atoms with Crippen molar-refractivity contribution in [1.29, 1.82) is 0 Å². The molecule has 0 aromatic carbocycles. The molecule has 1 saturated heterocycles. The number of hydrogen-bond acceptors (Lipinski definition) is 1. The van der Waals surface area contributed by atoms with Crippen LogP contribution in [0.2, 0.25) is 0 Å². The van der Waals surface area contributed by atoms with Gasteiger partial charge in [0.1, 0.15) is 0 Å². The summed E-state index contributed by atoms with van der Waals surface area (Å²) in [4.78, 5) is 0. The lowest BCUT2D eigenvalue weighted by Gasteiger charge is -2.29. The van der Waals surface area contributed by atoms with Crippen LogP contribution < -0.4 is 0 Å². The minimum absolute atomic E-state index is 0.505. The highest BCUT2D eigenvalue weighted by molar-refractivity contribution is 4.90. The van der Waals surface area contributed by atoms with Gasteiger partial charge in [0.05, 0.1) is 12.2 Å². The van der Waals surface area contributed by atoms with Gasteiger partial charge in [-0.1, -0.05) is 20.3 Å². The van der Waals surface area contributed by atoms with E-state index in [2.05, 4.69) is 20.8 Å². The molecule has 1 aliphatic heterocycles. The van der Waals surface area contributed by atoms with E-state index in [1.54, 1.807) is 0 Å². The molecule has 0 aromatic heterocycles. The summed E-state index contributed by atoms with van der Waals surface area (Å²) in [6.45, 7) is 6.94. The first-order valence-corrected chi connectivity index (χ1v) is 5.34. The van der Waals surface area contributed by atoms with Gasteiger partial charge < -0.3 is 4.74 Å². The zero-order valence-electron chi connectivity index (χ0n) is 8.42. The standard InChI is InChI=1S/C11H20O/c1-7-4-5-10-8(2)9(3)12-11(10)6-7/h7-11H,4-6H2,1-3H3/t7-,8?,9?,10+,11-/m1/s1. The second-order valence-electron chi connectivity index (χ2n) is 4.82. The van der Waals surface area contributed by atoms with Gasteiger partial charge in [-0.3, -0.25) is 0 Å². The van der Waals surface area contributed by atoms with Crippen LogP contribution in [0.4, 0.5) is 0 Å². The lowest BCUT2D eigenvalue weighted by molar-refractivity contribution is 0.0137. The maximum Gasteiger partial charge on any atom is 0.0613 e. The quantitative estimate of drug-likeness (QED) is 0.540. The van der Waals surface area contributed by atoms with Crippen molar-refractivity contribution >= 4 is 0 Å². The highest BCUT2D eigenvalue weighted by Crippen LogP contribution is 2.42. The van der Waals surface area contributed by atoms with Gasteiger partial charge in [-0.2, -0.15) is 0 Å². The molecule has 70 valence electrons. The van der Waals surface area contributed by atoms with Gasteiger partial charge in [0.15, 0.2) is 0 Å². The van der Waals surface area contributed by atoms with Gasteiger partial charge in [-0.05, 0) is 37.5 Å². The fourth-order valence-corrected chi connectivity index (χ4v) is 2.86. The van der Waals surface area contributed by atoms with Crippen molar-refractivity contribution in [3.8, 4) is 0 Å². The Bertz CT molecular complexity index is 164. The van der Waals surface area contributed by atoms with Crippen molar-refractivity contribution in [2.75, 3.05) is 0 Å². The molecule has 2 fully saturated rings. The van der Waals surface area contributed by atoms with E-state index in [0.717, 1.165) is 17.8 Å². The molecule has 1 saturated carbocycles. The number of hydrogen-bond donors (Lipinski definition) is 0. The van der Waals surface area contributed by atoms with Crippen molar-refractivity contribution in [2.24, 2.45) is 17.8 Å². The van der Waals surface area contributed by atoms with Crippen LogP contribution >= 0.6 is 0 Å². The Morgan fingerprint density at radius 3 is 2.58 bits per heavy atom. The number of rotatable bonds is 0. The Labute approximate surface area is 75.5 Å². The van der Waals surface area contributed by atoms with Crippen LogP contribution in [-0.2, 0) is 4.74 Å². The van der Waals surface area contributed by atoms with Crippen molar-refractivity contribution in [2.45, 2.75) is 52.2 Å². The first kappa shape index (κ1) is 8.55. The second kappa shape index (κ2) is 3.02.